The summed E-state index contributed by atoms with van der Waals surface area (Å²) in [6.07, 6.45) is 1.63. The highest BCUT2D eigenvalue weighted by Gasteiger charge is 2.41. The van der Waals surface area contributed by atoms with Crippen LogP contribution in [0.2, 0.25) is 5.02 Å². The van der Waals surface area contributed by atoms with Crippen LogP contribution < -0.4 is 11.1 Å². The van der Waals surface area contributed by atoms with Crippen LogP contribution >= 0.6 is 11.6 Å². The van der Waals surface area contributed by atoms with Gasteiger partial charge in [0.1, 0.15) is 5.60 Å². The number of amides is 1. The van der Waals surface area contributed by atoms with E-state index in [1.807, 2.05) is 44.7 Å². The average Bonchev–Trinajstić information content (AvgIpc) is 2.85. The second-order valence-corrected chi connectivity index (χ2v) is 8.13. The van der Waals surface area contributed by atoms with Crippen LogP contribution in [0.5, 0.6) is 0 Å². The van der Waals surface area contributed by atoms with Crippen molar-refractivity contribution in [3.05, 3.63) is 22.7 Å². The van der Waals surface area contributed by atoms with Gasteiger partial charge in [-0.1, -0.05) is 11.6 Å². The van der Waals surface area contributed by atoms with Crippen LogP contribution in [0.3, 0.4) is 0 Å². The van der Waals surface area contributed by atoms with Crippen molar-refractivity contribution in [1.82, 2.24) is 4.90 Å². The van der Waals surface area contributed by atoms with Gasteiger partial charge in [-0.05, 0) is 65.2 Å². The van der Waals surface area contributed by atoms with Gasteiger partial charge in [-0.15, -0.1) is 0 Å². The molecule has 1 aromatic rings. The van der Waals surface area contributed by atoms with E-state index >= 15 is 0 Å². The Bertz CT molecular complexity index is 627. The van der Waals surface area contributed by atoms with E-state index in [2.05, 4.69) is 12.2 Å². The van der Waals surface area contributed by atoms with Crippen molar-refractivity contribution >= 4 is 29.1 Å². The number of anilines is 2. The molecular weight excluding hydrogens is 326 g/mol. The van der Waals surface area contributed by atoms with Crippen LogP contribution in [0.4, 0.5) is 16.2 Å². The number of carbonyl (C=O) groups is 1. The normalized spacial score (nSPS) is 21.0. The number of carbonyl (C=O) groups excluding carboxylic acids is 1. The second kappa shape index (κ2) is 6.71. The van der Waals surface area contributed by atoms with E-state index < -0.39 is 5.60 Å². The monoisotopic (exact) mass is 353 g/mol. The summed E-state index contributed by atoms with van der Waals surface area (Å²) < 4.78 is 5.54. The van der Waals surface area contributed by atoms with E-state index in [1.54, 1.807) is 0 Å². The fourth-order valence-corrected chi connectivity index (χ4v) is 3.14. The molecule has 0 spiro atoms. The topological polar surface area (TPSA) is 67.6 Å². The molecule has 0 saturated carbocycles. The van der Waals surface area contributed by atoms with Crippen molar-refractivity contribution in [2.45, 2.75) is 58.6 Å². The molecular formula is C18H28ClN3O2. The number of benzene rings is 1. The number of halogens is 1. The lowest BCUT2D eigenvalue weighted by Crippen LogP contribution is -2.51. The first-order valence-corrected chi connectivity index (χ1v) is 8.70. The maximum absolute atomic E-state index is 12.5. The van der Waals surface area contributed by atoms with Crippen LogP contribution in [-0.2, 0) is 4.74 Å². The standard InChI is InChI=1S/C18H28ClN3O2/c1-12-13(19)7-8-14(15(12)20)21-11-18(5)9-6-10-22(18)16(23)24-17(2,3)4/h7-8,21H,6,9-11,20H2,1-5H3/t18-/m0/s1. The molecule has 0 unspecified atom stereocenters. The predicted octanol–water partition coefficient (Wildman–Crippen LogP) is 4.43. The Hall–Kier alpha value is -1.62. The molecule has 1 heterocycles. The van der Waals surface area contributed by atoms with Gasteiger partial charge in [0.05, 0.1) is 16.9 Å². The first-order valence-electron chi connectivity index (χ1n) is 8.32. The van der Waals surface area contributed by atoms with Gasteiger partial charge >= 0.3 is 6.09 Å². The Morgan fingerprint density at radius 3 is 2.75 bits per heavy atom. The molecule has 1 fully saturated rings. The zero-order chi connectivity index (χ0) is 18.1. The van der Waals surface area contributed by atoms with E-state index in [9.17, 15) is 4.79 Å². The summed E-state index contributed by atoms with van der Waals surface area (Å²) in [5, 5.41) is 4.03. The first kappa shape index (κ1) is 18.7. The van der Waals surface area contributed by atoms with Gasteiger partial charge in [0.2, 0.25) is 0 Å². The molecule has 0 aliphatic carbocycles. The van der Waals surface area contributed by atoms with E-state index in [1.165, 1.54) is 0 Å². The average molecular weight is 354 g/mol. The number of hydrogen-bond donors (Lipinski definition) is 2. The summed E-state index contributed by atoms with van der Waals surface area (Å²) in [6.45, 7) is 10.9. The maximum Gasteiger partial charge on any atom is 0.410 e. The lowest BCUT2D eigenvalue weighted by Gasteiger charge is -2.36. The molecule has 6 heteroatoms. The van der Waals surface area contributed by atoms with Crippen molar-refractivity contribution in [3.63, 3.8) is 0 Å². The summed E-state index contributed by atoms with van der Waals surface area (Å²) in [4.78, 5) is 14.3. The van der Waals surface area contributed by atoms with Crippen molar-refractivity contribution in [1.29, 1.82) is 0 Å². The third-order valence-electron chi connectivity index (χ3n) is 4.47. The van der Waals surface area contributed by atoms with E-state index in [0.717, 1.165) is 24.1 Å². The van der Waals surface area contributed by atoms with Crippen molar-refractivity contribution in [2.75, 3.05) is 24.1 Å². The first-order chi connectivity index (χ1) is 11.0. The predicted molar refractivity (Wildman–Crippen MR) is 99.7 cm³/mol. The summed E-state index contributed by atoms with van der Waals surface area (Å²) in [5.41, 5.74) is 7.69. The molecule has 1 saturated heterocycles. The van der Waals surface area contributed by atoms with Crippen LogP contribution in [-0.4, -0.2) is 35.2 Å². The number of ether oxygens (including phenoxy) is 1. The third-order valence-corrected chi connectivity index (χ3v) is 4.88. The molecule has 1 atom stereocenters. The zero-order valence-electron chi connectivity index (χ0n) is 15.2. The molecule has 0 aromatic heterocycles. The summed E-state index contributed by atoms with van der Waals surface area (Å²) in [7, 11) is 0. The lowest BCUT2D eigenvalue weighted by atomic mass is 9.98. The van der Waals surface area contributed by atoms with E-state index in [0.29, 0.717) is 23.8 Å². The van der Waals surface area contributed by atoms with E-state index in [-0.39, 0.29) is 11.6 Å². The molecule has 134 valence electrons. The smallest absolute Gasteiger partial charge is 0.410 e. The Labute approximate surface area is 149 Å². The number of hydrogen-bond acceptors (Lipinski definition) is 4. The summed E-state index contributed by atoms with van der Waals surface area (Å²) in [6, 6.07) is 3.71. The zero-order valence-corrected chi connectivity index (χ0v) is 16.0. The number of nitrogen functional groups attached to an aromatic ring is 1. The van der Waals surface area contributed by atoms with Crippen molar-refractivity contribution in [2.24, 2.45) is 0 Å². The maximum atomic E-state index is 12.5. The molecule has 3 N–H and O–H groups in total. The minimum atomic E-state index is -0.494. The minimum absolute atomic E-state index is 0.260. The fourth-order valence-electron chi connectivity index (χ4n) is 2.98. The fraction of sp³-hybridized carbons (Fsp3) is 0.611. The van der Waals surface area contributed by atoms with Crippen molar-refractivity contribution in [3.8, 4) is 0 Å². The number of nitrogens with zero attached hydrogens (tertiary/aromatic N) is 1. The highest BCUT2D eigenvalue weighted by atomic mass is 35.5. The van der Waals surface area contributed by atoms with Gasteiger partial charge in [-0.3, -0.25) is 0 Å². The molecule has 5 nitrogen and oxygen atoms in total. The Morgan fingerprint density at radius 2 is 2.12 bits per heavy atom. The molecule has 1 aliphatic heterocycles. The van der Waals surface area contributed by atoms with Crippen LogP contribution in [0.25, 0.3) is 0 Å². The quantitative estimate of drug-likeness (QED) is 0.788. The molecule has 1 amide bonds. The highest BCUT2D eigenvalue weighted by Crippen LogP contribution is 2.33. The van der Waals surface area contributed by atoms with Gasteiger partial charge < -0.3 is 20.7 Å². The van der Waals surface area contributed by atoms with Crippen LogP contribution in [0, 0.1) is 6.92 Å². The third kappa shape index (κ3) is 4.07. The molecule has 24 heavy (non-hydrogen) atoms. The SMILES string of the molecule is Cc1c(Cl)ccc(NC[C@]2(C)CCCN2C(=O)OC(C)(C)C)c1N. The second-order valence-electron chi connectivity index (χ2n) is 7.72. The summed E-state index contributed by atoms with van der Waals surface area (Å²) in [5.74, 6) is 0. The molecule has 0 radical (unpaired) electrons. The van der Waals surface area contributed by atoms with Gasteiger partial charge in [0.25, 0.3) is 0 Å². The van der Waals surface area contributed by atoms with Gasteiger partial charge in [-0.25, -0.2) is 4.79 Å². The van der Waals surface area contributed by atoms with E-state index in [4.69, 9.17) is 22.1 Å². The lowest BCUT2D eigenvalue weighted by molar-refractivity contribution is 0.0126. The number of nitrogens with two attached hydrogens (primary N) is 1. The highest BCUT2D eigenvalue weighted by molar-refractivity contribution is 6.31. The molecule has 0 bridgehead atoms. The molecule has 2 rings (SSSR count). The van der Waals surface area contributed by atoms with Crippen molar-refractivity contribution < 1.29 is 9.53 Å². The molecule has 1 aliphatic rings. The minimum Gasteiger partial charge on any atom is -0.444 e. The van der Waals surface area contributed by atoms with Gasteiger partial charge in [0.15, 0.2) is 0 Å². The Balaban J connectivity index is 2.10. The largest absolute Gasteiger partial charge is 0.444 e. The summed E-state index contributed by atoms with van der Waals surface area (Å²) >= 11 is 6.09. The Morgan fingerprint density at radius 1 is 1.46 bits per heavy atom. The van der Waals surface area contributed by atoms with Crippen LogP contribution in [0.1, 0.15) is 46.1 Å². The van der Waals surface area contributed by atoms with Crippen LogP contribution in [0.15, 0.2) is 12.1 Å². The van der Waals surface area contributed by atoms with Gasteiger partial charge in [-0.2, -0.15) is 0 Å². The number of rotatable bonds is 3. The number of nitrogens with one attached hydrogen (secondary N) is 1. The Kier molecular flexibility index (Phi) is 5.23. The molecule has 1 aromatic carbocycles. The number of likely N-dealkylation sites (tertiary alicyclic amines) is 1. The van der Waals surface area contributed by atoms with Gasteiger partial charge in [0, 0.05) is 18.1 Å².